The predicted molar refractivity (Wildman–Crippen MR) is 81.8 cm³/mol. The van der Waals surface area contributed by atoms with Crippen molar-refractivity contribution in [2.45, 2.75) is 20.3 Å². The number of benzene rings is 2. The van der Waals surface area contributed by atoms with Crippen LogP contribution in [0.5, 0.6) is 0 Å². The van der Waals surface area contributed by atoms with Gasteiger partial charge >= 0.3 is 0 Å². The number of amides is 1. The second-order valence-corrected chi connectivity index (χ2v) is 5.01. The Hall–Kier alpha value is -2.42. The minimum Gasteiger partial charge on any atom is -0.322 e. The summed E-state index contributed by atoms with van der Waals surface area (Å²) in [5.41, 5.74) is 2.22. The van der Waals surface area contributed by atoms with E-state index in [4.69, 9.17) is 0 Å². The van der Waals surface area contributed by atoms with Gasteiger partial charge in [0.25, 0.3) is 5.91 Å². The Labute approximate surface area is 118 Å². The SMILES string of the molecule is C=C(C)C(=O)Nc1ccc2cc(CC(C)=O)ccc2c1. The maximum atomic E-state index is 11.6. The van der Waals surface area contributed by atoms with Gasteiger partial charge in [-0.05, 0) is 42.3 Å². The fourth-order valence-corrected chi connectivity index (χ4v) is 2.01. The summed E-state index contributed by atoms with van der Waals surface area (Å²) >= 11 is 0. The van der Waals surface area contributed by atoms with Gasteiger partial charge in [-0.1, -0.05) is 30.8 Å². The Kier molecular flexibility index (Phi) is 3.99. The number of ketones is 1. The summed E-state index contributed by atoms with van der Waals surface area (Å²) < 4.78 is 0. The molecule has 0 spiro atoms. The minimum atomic E-state index is -0.183. The van der Waals surface area contributed by atoms with Crippen LogP contribution in [0.1, 0.15) is 19.4 Å². The fraction of sp³-hybridized carbons (Fsp3) is 0.176. The van der Waals surface area contributed by atoms with E-state index in [1.165, 1.54) is 0 Å². The van der Waals surface area contributed by atoms with Crippen LogP contribution in [0.3, 0.4) is 0 Å². The fourth-order valence-electron chi connectivity index (χ4n) is 2.01. The number of Topliss-reactive ketones (excluding diaryl/α,β-unsaturated/α-hetero) is 1. The molecule has 0 bridgehead atoms. The highest BCUT2D eigenvalue weighted by Crippen LogP contribution is 2.21. The van der Waals surface area contributed by atoms with Crippen molar-refractivity contribution in [1.82, 2.24) is 0 Å². The molecule has 0 saturated carbocycles. The lowest BCUT2D eigenvalue weighted by molar-refractivity contribution is -0.116. The van der Waals surface area contributed by atoms with Crippen molar-refractivity contribution < 1.29 is 9.59 Å². The van der Waals surface area contributed by atoms with Crippen LogP contribution in [-0.2, 0) is 16.0 Å². The monoisotopic (exact) mass is 267 g/mol. The molecule has 102 valence electrons. The summed E-state index contributed by atoms with van der Waals surface area (Å²) in [4.78, 5) is 22.7. The number of fused-ring (bicyclic) bond motifs is 1. The van der Waals surface area contributed by atoms with Crippen molar-refractivity contribution in [3.05, 3.63) is 54.1 Å². The molecular weight excluding hydrogens is 250 g/mol. The van der Waals surface area contributed by atoms with Gasteiger partial charge in [0.05, 0.1) is 0 Å². The van der Waals surface area contributed by atoms with Crippen LogP contribution < -0.4 is 5.32 Å². The largest absolute Gasteiger partial charge is 0.322 e. The second kappa shape index (κ2) is 5.70. The van der Waals surface area contributed by atoms with E-state index in [9.17, 15) is 9.59 Å². The standard InChI is InChI=1S/C17H17NO2/c1-11(2)17(20)18-16-7-6-14-9-13(8-12(3)19)4-5-15(14)10-16/h4-7,9-10H,1,8H2,2-3H3,(H,18,20). The molecule has 1 N–H and O–H groups in total. The van der Waals surface area contributed by atoms with Crippen molar-refractivity contribution in [3.8, 4) is 0 Å². The summed E-state index contributed by atoms with van der Waals surface area (Å²) in [6.07, 6.45) is 0.448. The maximum absolute atomic E-state index is 11.6. The van der Waals surface area contributed by atoms with E-state index in [2.05, 4.69) is 11.9 Å². The summed E-state index contributed by atoms with van der Waals surface area (Å²) in [6.45, 7) is 6.86. The van der Waals surface area contributed by atoms with Gasteiger partial charge in [0, 0.05) is 17.7 Å². The van der Waals surface area contributed by atoms with Gasteiger partial charge in [-0.3, -0.25) is 9.59 Å². The van der Waals surface area contributed by atoms with Crippen molar-refractivity contribution in [3.63, 3.8) is 0 Å². The molecule has 0 aliphatic rings. The molecule has 3 nitrogen and oxygen atoms in total. The molecule has 20 heavy (non-hydrogen) atoms. The van der Waals surface area contributed by atoms with Crippen LogP contribution in [0, 0.1) is 0 Å². The minimum absolute atomic E-state index is 0.148. The average Bonchev–Trinajstić information content (AvgIpc) is 2.38. The molecule has 0 radical (unpaired) electrons. The van der Waals surface area contributed by atoms with Crippen molar-refractivity contribution in [2.75, 3.05) is 5.32 Å². The molecule has 0 aromatic heterocycles. The van der Waals surface area contributed by atoms with Gasteiger partial charge in [0.2, 0.25) is 0 Å². The van der Waals surface area contributed by atoms with Gasteiger partial charge in [0.1, 0.15) is 5.78 Å². The third-order valence-electron chi connectivity index (χ3n) is 3.00. The first-order valence-corrected chi connectivity index (χ1v) is 6.44. The van der Waals surface area contributed by atoms with Gasteiger partial charge in [0.15, 0.2) is 0 Å². The number of hydrogen-bond donors (Lipinski definition) is 1. The lowest BCUT2D eigenvalue weighted by atomic mass is 10.0. The third-order valence-corrected chi connectivity index (χ3v) is 3.00. The topological polar surface area (TPSA) is 46.2 Å². The second-order valence-electron chi connectivity index (χ2n) is 5.01. The molecule has 0 saturated heterocycles. The van der Waals surface area contributed by atoms with E-state index < -0.39 is 0 Å². The summed E-state index contributed by atoms with van der Waals surface area (Å²) in [5, 5.41) is 4.87. The van der Waals surface area contributed by atoms with Gasteiger partial charge in [-0.15, -0.1) is 0 Å². The molecule has 0 atom stereocenters. The van der Waals surface area contributed by atoms with Crippen LogP contribution in [0.25, 0.3) is 10.8 Å². The molecule has 0 unspecified atom stereocenters. The molecule has 0 heterocycles. The van der Waals surface area contributed by atoms with Crippen LogP contribution in [0.2, 0.25) is 0 Å². The van der Waals surface area contributed by atoms with Gasteiger partial charge in [-0.2, -0.15) is 0 Å². The molecule has 2 rings (SSSR count). The van der Waals surface area contributed by atoms with E-state index in [0.29, 0.717) is 12.0 Å². The smallest absolute Gasteiger partial charge is 0.250 e. The normalized spacial score (nSPS) is 10.3. The van der Waals surface area contributed by atoms with E-state index in [-0.39, 0.29) is 11.7 Å². The number of rotatable bonds is 4. The highest BCUT2D eigenvalue weighted by Gasteiger charge is 2.04. The average molecular weight is 267 g/mol. The highest BCUT2D eigenvalue weighted by atomic mass is 16.1. The van der Waals surface area contributed by atoms with Crippen molar-refractivity contribution >= 4 is 28.2 Å². The Morgan fingerprint density at radius 1 is 1.05 bits per heavy atom. The Morgan fingerprint density at radius 3 is 2.35 bits per heavy atom. The van der Waals surface area contributed by atoms with Gasteiger partial charge < -0.3 is 5.32 Å². The Balaban J connectivity index is 2.29. The zero-order valence-electron chi connectivity index (χ0n) is 11.7. The highest BCUT2D eigenvalue weighted by molar-refractivity contribution is 6.03. The molecule has 0 aliphatic heterocycles. The summed E-state index contributed by atoms with van der Waals surface area (Å²) in [5.74, 6) is -0.0350. The van der Waals surface area contributed by atoms with E-state index in [1.807, 2.05) is 36.4 Å². The summed E-state index contributed by atoms with van der Waals surface area (Å²) in [6, 6.07) is 11.6. The van der Waals surface area contributed by atoms with E-state index >= 15 is 0 Å². The lowest BCUT2D eigenvalue weighted by Crippen LogP contribution is -2.11. The van der Waals surface area contributed by atoms with Crippen LogP contribution in [0.15, 0.2) is 48.6 Å². The number of nitrogens with one attached hydrogen (secondary N) is 1. The van der Waals surface area contributed by atoms with Crippen LogP contribution in [-0.4, -0.2) is 11.7 Å². The van der Waals surface area contributed by atoms with E-state index in [1.54, 1.807) is 13.8 Å². The number of carbonyl (C=O) groups excluding carboxylic acids is 2. The third kappa shape index (κ3) is 3.32. The number of anilines is 1. The lowest BCUT2D eigenvalue weighted by Gasteiger charge is -2.07. The van der Waals surface area contributed by atoms with E-state index in [0.717, 1.165) is 22.0 Å². The molecule has 3 heteroatoms. The molecule has 2 aromatic rings. The summed E-state index contributed by atoms with van der Waals surface area (Å²) in [7, 11) is 0. The van der Waals surface area contributed by atoms with Crippen molar-refractivity contribution in [2.24, 2.45) is 0 Å². The van der Waals surface area contributed by atoms with Crippen molar-refractivity contribution in [1.29, 1.82) is 0 Å². The predicted octanol–water partition coefficient (Wildman–Crippen LogP) is 3.49. The first-order valence-electron chi connectivity index (χ1n) is 6.44. The van der Waals surface area contributed by atoms with Crippen LogP contribution >= 0.6 is 0 Å². The molecule has 2 aromatic carbocycles. The van der Waals surface area contributed by atoms with Crippen LogP contribution in [0.4, 0.5) is 5.69 Å². The zero-order valence-corrected chi connectivity index (χ0v) is 11.7. The maximum Gasteiger partial charge on any atom is 0.250 e. The number of carbonyl (C=O) groups is 2. The first kappa shape index (κ1) is 14.0. The van der Waals surface area contributed by atoms with Gasteiger partial charge in [-0.25, -0.2) is 0 Å². The zero-order chi connectivity index (χ0) is 14.7. The molecule has 0 aliphatic carbocycles. The Morgan fingerprint density at radius 2 is 1.70 bits per heavy atom. The quantitative estimate of drug-likeness (QED) is 0.862. The Bertz CT molecular complexity index is 701. The number of hydrogen-bond acceptors (Lipinski definition) is 2. The first-order chi connectivity index (χ1) is 9.45. The molecule has 0 fully saturated rings. The molecule has 1 amide bonds. The molecular formula is C17H17NO2.